The number of carbonyl (C=O) groups is 2. The summed E-state index contributed by atoms with van der Waals surface area (Å²) in [4.78, 5) is 28.4. The van der Waals surface area contributed by atoms with Gasteiger partial charge in [0.25, 0.3) is 0 Å². The molecule has 2 atom stereocenters. The van der Waals surface area contributed by atoms with Crippen LogP contribution < -0.4 is 0 Å². The lowest BCUT2D eigenvalue weighted by atomic mass is 10.2. The normalized spacial score (nSPS) is 21.2. The average molecular weight is 271 g/mol. The SMILES string of the molecule is CC(CN(C)C(=O)N(C)CC1CCCN1C)C(=O)O. The molecule has 0 aromatic heterocycles. The quantitative estimate of drug-likeness (QED) is 0.803. The van der Waals surface area contributed by atoms with Gasteiger partial charge in [-0.25, -0.2) is 4.79 Å². The van der Waals surface area contributed by atoms with E-state index in [1.54, 1.807) is 25.9 Å². The number of hydrogen-bond acceptors (Lipinski definition) is 3. The Labute approximate surface area is 115 Å². The van der Waals surface area contributed by atoms with Crippen molar-refractivity contribution in [3.05, 3.63) is 0 Å². The fourth-order valence-corrected chi connectivity index (χ4v) is 2.46. The van der Waals surface area contributed by atoms with Crippen LogP contribution in [0.3, 0.4) is 0 Å². The highest BCUT2D eigenvalue weighted by atomic mass is 16.4. The molecule has 110 valence electrons. The number of urea groups is 1. The van der Waals surface area contributed by atoms with Gasteiger partial charge >= 0.3 is 12.0 Å². The minimum absolute atomic E-state index is 0.117. The Kier molecular flexibility index (Phi) is 5.60. The molecule has 6 heteroatoms. The molecule has 0 aromatic carbocycles. The van der Waals surface area contributed by atoms with Crippen LogP contribution in [0.5, 0.6) is 0 Å². The molecule has 1 aliphatic heterocycles. The van der Waals surface area contributed by atoms with Crippen LogP contribution in [0.4, 0.5) is 4.79 Å². The van der Waals surface area contributed by atoms with Crippen LogP contribution in [0, 0.1) is 5.92 Å². The molecule has 1 saturated heterocycles. The summed E-state index contributed by atoms with van der Waals surface area (Å²) in [6.45, 7) is 3.62. The maximum atomic E-state index is 12.1. The van der Waals surface area contributed by atoms with Gasteiger partial charge in [-0.05, 0) is 26.4 Å². The third kappa shape index (κ3) is 4.38. The first kappa shape index (κ1) is 15.8. The number of carboxylic acid groups (broad SMARTS) is 1. The number of aliphatic carboxylic acids is 1. The summed E-state index contributed by atoms with van der Waals surface area (Å²) in [5.41, 5.74) is 0. The van der Waals surface area contributed by atoms with Gasteiger partial charge in [0, 0.05) is 33.2 Å². The third-order valence-corrected chi connectivity index (χ3v) is 3.78. The molecule has 0 spiro atoms. The van der Waals surface area contributed by atoms with E-state index in [1.165, 1.54) is 11.3 Å². The van der Waals surface area contributed by atoms with Gasteiger partial charge in [-0.1, -0.05) is 6.92 Å². The summed E-state index contributed by atoms with van der Waals surface area (Å²) < 4.78 is 0. The monoisotopic (exact) mass is 271 g/mol. The van der Waals surface area contributed by atoms with Crippen LogP contribution >= 0.6 is 0 Å². The van der Waals surface area contributed by atoms with Crippen molar-refractivity contribution in [2.75, 3.05) is 40.8 Å². The molecule has 0 radical (unpaired) electrons. The van der Waals surface area contributed by atoms with Crippen molar-refractivity contribution in [1.82, 2.24) is 14.7 Å². The van der Waals surface area contributed by atoms with Gasteiger partial charge in [0.2, 0.25) is 0 Å². The molecule has 1 fully saturated rings. The molecule has 1 N–H and O–H groups in total. The minimum atomic E-state index is -0.877. The molecule has 0 aromatic rings. The zero-order valence-electron chi connectivity index (χ0n) is 12.3. The van der Waals surface area contributed by atoms with Crippen molar-refractivity contribution < 1.29 is 14.7 Å². The predicted octanol–water partition coefficient (Wildman–Crippen LogP) is 0.785. The van der Waals surface area contributed by atoms with Crippen LogP contribution in [0.15, 0.2) is 0 Å². The van der Waals surface area contributed by atoms with Crippen molar-refractivity contribution in [3.63, 3.8) is 0 Å². The van der Waals surface area contributed by atoms with Gasteiger partial charge in [0.1, 0.15) is 0 Å². The maximum Gasteiger partial charge on any atom is 0.319 e. The zero-order valence-corrected chi connectivity index (χ0v) is 12.3. The van der Waals surface area contributed by atoms with Gasteiger partial charge in [0.15, 0.2) is 0 Å². The fraction of sp³-hybridized carbons (Fsp3) is 0.846. The Morgan fingerprint density at radius 2 is 2.00 bits per heavy atom. The first-order valence-electron chi connectivity index (χ1n) is 6.72. The minimum Gasteiger partial charge on any atom is -0.481 e. The Morgan fingerprint density at radius 1 is 1.37 bits per heavy atom. The van der Waals surface area contributed by atoms with Crippen molar-refractivity contribution >= 4 is 12.0 Å². The predicted molar refractivity (Wildman–Crippen MR) is 73.1 cm³/mol. The number of carboxylic acids is 1. The Balaban J connectivity index is 2.44. The van der Waals surface area contributed by atoms with Crippen molar-refractivity contribution in [2.24, 2.45) is 5.92 Å². The summed E-state index contributed by atoms with van der Waals surface area (Å²) in [6, 6.07) is 0.299. The van der Waals surface area contributed by atoms with Gasteiger partial charge in [0.05, 0.1) is 5.92 Å². The summed E-state index contributed by atoms with van der Waals surface area (Å²) in [5, 5.41) is 8.86. The van der Waals surface area contributed by atoms with E-state index >= 15 is 0 Å². The van der Waals surface area contributed by atoms with E-state index in [0.717, 1.165) is 13.0 Å². The lowest BCUT2D eigenvalue weighted by Crippen LogP contribution is -2.46. The Bertz CT molecular complexity index is 335. The molecule has 2 unspecified atom stereocenters. The lowest BCUT2D eigenvalue weighted by Gasteiger charge is -2.30. The summed E-state index contributed by atoms with van der Waals surface area (Å²) in [6.07, 6.45) is 2.29. The number of carbonyl (C=O) groups excluding carboxylic acids is 1. The van der Waals surface area contributed by atoms with E-state index < -0.39 is 11.9 Å². The van der Waals surface area contributed by atoms with Crippen LogP contribution in [0.1, 0.15) is 19.8 Å². The number of nitrogens with zero attached hydrogens (tertiary/aromatic N) is 3. The smallest absolute Gasteiger partial charge is 0.319 e. The largest absolute Gasteiger partial charge is 0.481 e. The first-order valence-corrected chi connectivity index (χ1v) is 6.72. The van der Waals surface area contributed by atoms with E-state index in [0.29, 0.717) is 12.6 Å². The van der Waals surface area contributed by atoms with E-state index in [9.17, 15) is 9.59 Å². The molecule has 19 heavy (non-hydrogen) atoms. The zero-order chi connectivity index (χ0) is 14.6. The second kappa shape index (κ2) is 6.75. The van der Waals surface area contributed by atoms with Crippen molar-refractivity contribution in [3.8, 4) is 0 Å². The molecule has 1 rings (SSSR count). The van der Waals surface area contributed by atoms with Crippen LogP contribution in [-0.4, -0.2) is 78.6 Å². The molecule has 6 nitrogen and oxygen atoms in total. The van der Waals surface area contributed by atoms with E-state index in [4.69, 9.17) is 5.11 Å². The van der Waals surface area contributed by atoms with Crippen LogP contribution in [-0.2, 0) is 4.79 Å². The van der Waals surface area contributed by atoms with Crippen LogP contribution in [0.2, 0.25) is 0 Å². The lowest BCUT2D eigenvalue weighted by molar-refractivity contribution is -0.141. The Hall–Kier alpha value is -1.30. The molecule has 1 aliphatic rings. The summed E-state index contributed by atoms with van der Waals surface area (Å²) >= 11 is 0. The highest BCUT2D eigenvalue weighted by molar-refractivity contribution is 5.75. The summed E-state index contributed by atoms with van der Waals surface area (Å²) in [5.74, 6) is -1.42. The number of hydrogen-bond donors (Lipinski definition) is 1. The second-order valence-electron chi connectivity index (χ2n) is 5.56. The number of likely N-dealkylation sites (N-methyl/N-ethyl adjacent to an activating group) is 2. The molecule has 0 bridgehead atoms. The van der Waals surface area contributed by atoms with E-state index in [1.807, 2.05) is 0 Å². The molecular formula is C13H25N3O3. The van der Waals surface area contributed by atoms with Crippen LogP contribution in [0.25, 0.3) is 0 Å². The van der Waals surface area contributed by atoms with E-state index in [-0.39, 0.29) is 12.6 Å². The third-order valence-electron chi connectivity index (χ3n) is 3.78. The maximum absolute atomic E-state index is 12.1. The average Bonchev–Trinajstić information content (AvgIpc) is 2.73. The van der Waals surface area contributed by atoms with Gasteiger partial charge in [-0.2, -0.15) is 0 Å². The molecule has 0 saturated carbocycles. The topological polar surface area (TPSA) is 64.1 Å². The number of rotatable bonds is 5. The number of amides is 2. The van der Waals surface area contributed by atoms with E-state index in [2.05, 4.69) is 11.9 Å². The Morgan fingerprint density at radius 3 is 2.47 bits per heavy atom. The number of likely N-dealkylation sites (tertiary alicyclic amines) is 1. The second-order valence-corrected chi connectivity index (χ2v) is 5.56. The summed E-state index contributed by atoms with van der Waals surface area (Å²) in [7, 11) is 5.50. The van der Waals surface area contributed by atoms with Gasteiger partial charge < -0.3 is 19.8 Å². The van der Waals surface area contributed by atoms with Crippen molar-refractivity contribution in [1.29, 1.82) is 0 Å². The van der Waals surface area contributed by atoms with Gasteiger partial charge in [-0.15, -0.1) is 0 Å². The molecule has 2 amide bonds. The van der Waals surface area contributed by atoms with Gasteiger partial charge in [-0.3, -0.25) is 4.79 Å². The molecule has 1 heterocycles. The van der Waals surface area contributed by atoms with Crippen molar-refractivity contribution in [2.45, 2.75) is 25.8 Å². The first-order chi connectivity index (χ1) is 8.82. The highest BCUT2D eigenvalue weighted by Crippen LogP contribution is 2.15. The molecular weight excluding hydrogens is 246 g/mol. The molecule has 0 aliphatic carbocycles. The standard InChI is InChI=1S/C13H25N3O3/c1-10(12(17)18)8-15(3)13(19)16(4)9-11-6-5-7-14(11)2/h10-11H,5-9H2,1-4H3,(H,17,18). The highest BCUT2D eigenvalue weighted by Gasteiger charge is 2.26. The fourth-order valence-electron chi connectivity index (χ4n) is 2.46.